The normalized spacial score (nSPS) is 12.6. The molecule has 0 heterocycles. The zero-order valence-corrected chi connectivity index (χ0v) is 17.8. The van der Waals surface area contributed by atoms with E-state index in [1.165, 1.54) is 5.39 Å². The maximum Gasteiger partial charge on any atom is 0.252 e. The predicted molar refractivity (Wildman–Crippen MR) is 115 cm³/mol. The van der Waals surface area contributed by atoms with Crippen LogP contribution >= 0.6 is 47.8 Å². The third-order valence-corrected chi connectivity index (χ3v) is 5.07. The molecule has 3 aromatic rings. The van der Waals surface area contributed by atoms with Gasteiger partial charge in [0.05, 0.1) is 0 Å². The van der Waals surface area contributed by atoms with E-state index >= 15 is 0 Å². The number of fused-ring (bicyclic) bond motifs is 1. The van der Waals surface area contributed by atoms with Crippen LogP contribution in [-0.4, -0.2) is 14.2 Å². The topological polar surface area (TPSA) is 41.1 Å². The van der Waals surface area contributed by atoms with Crippen molar-refractivity contribution in [3.8, 4) is 0 Å². The number of amides is 1. The van der Waals surface area contributed by atoms with Gasteiger partial charge >= 0.3 is 0 Å². The van der Waals surface area contributed by atoms with E-state index in [9.17, 15) is 4.79 Å². The number of anilines is 1. The fourth-order valence-electron chi connectivity index (χ4n) is 2.45. The number of carbonyl (C=O) groups excluding carboxylic acids is 1. The second-order valence-corrected chi connectivity index (χ2v) is 12.5. The fraction of sp³-hybridized carbons (Fsp3) is 0.105. The molecule has 0 aliphatic carbocycles. The highest BCUT2D eigenvalue weighted by atomic mass is 80.0. The number of nitrogens with one attached hydrogen (secondary N) is 2. The highest BCUT2D eigenvalue weighted by Gasteiger charge is 2.32. The number of halogens is 3. The van der Waals surface area contributed by atoms with Crippen LogP contribution in [0.1, 0.15) is 10.4 Å². The lowest BCUT2D eigenvalue weighted by molar-refractivity contribution is 0.0943. The summed E-state index contributed by atoms with van der Waals surface area (Å²) in [4.78, 5) is 12.5. The minimum Gasteiger partial charge on any atom is -0.363 e. The standard InChI is InChI=1S/C19H15Br3N2O/c20-19(21,22)18(24-17(25)14-7-2-1-3-8-14)23-16-11-10-13-6-4-5-9-15(13)12-16/h1-12,18,23H,(H,24,25)/t18-/m0/s1. The lowest BCUT2D eigenvalue weighted by atomic mass is 10.1. The molecule has 0 unspecified atom stereocenters. The molecule has 1 amide bonds. The van der Waals surface area contributed by atoms with Gasteiger partial charge in [0.15, 0.2) is 2.14 Å². The van der Waals surface area contributed by atoms with E-state index in [2.05, 4.69) is 76.6 Å². The summed E-state index contributed by atoms with van der Waals surface area (Å²) in [6.45, 7) is 0. The second-order valence-electron chi connectivity index (χ2n) is 5.52. The van der Waals surface area contributed by atoms with E-state index in [0.717, 1.165) is 11.1 Å². The van der Waals surface area contributed by atoms with Crippen molar-refractivity contribution in [3.05, 3.63) is 78.4 Å². The molecule has 0 aliphatic heterocycles. The monoisotopic (exact) mass is 524 g/mol. The Labute approximate surface area is 171 Å². The number of rotatable bonds is 4. The van der Waals surface area contributed by atoms with Crippen molar-refractivity contribution in [3.63, 3.8) is 0 Å². The summed E-state index contributed by atoms with van der Waals surface area (Å²) in [5, 5.41) is 8.62. The van der Waals surface area contributed by atoms with Gasteiger partial charge in [-0.15, -0.1) is 0 Å². The lowest BCUT2D eigenvalue weighted by Gasteiger charge is -2.28. The van der Waals surface area contributed by atoms with Crippen LogP contribution in [0.5, 0.6) is 0 Å². The zero-order valence-electron chi connectivity index (χ0n) is 13.0. The van der Waals surface area contributed by atoms with Crippen LogP contribution < -0.4 is 10.6 Å². The Morgan fingerprint density at radius 1 is 0.840 bits per heavy atom. The Kier molecular flexibility index (Phi) is 5.81. The molecule has 0 saturated carbocycles. The van der Waals surface area contributed by atoms with Crippen LogP contribution in [0.25, 0.3) is 10.8 Å². The van der Waals surface area contributed by atoms with Crippen LogP contribution in [0, 0.1) is 0 Å². The minimum atomic E-state index is -0.705. The molecule has 128 valence electrons. The Bertz CT molecular complexity index is 878. The second kappa shape index (κ2) is 7.89. The molecule has 3 aromatic carbocycles. The van der Waals surface area contributed by atoms with Crippen molar-refractivity contribution in [2.45, 2.75) is 8.31 Å². The summed E-state index contributed by atoms with van der Waals surface area (Å²) in [6.07, 6.45) is -0.443. The summed E-state index contributed by atoms with van der Waals surface area (Å²) >= 11 is 10.5. The molecule has 0 aliphatic rings. The summed E-state index contributed by atoms with van der Waals surface area (Å²) < 4.78 is -0.705. The van der Waals surface area contributed by atoms with E-state index in [1.807, 2.05) is 42.5 Å². The van der Waals surface area contributed by atoms with Crippen LogP contribution in [0.4, 0.5) is 5.69 Å². The average Bonchev–Trinajstić information content (AvgIpc) is 2.61. The van der Waals surface area contributed by atoms with Crippen molar-refractivity contribution < 1.29 is 4.79 Å². The maximum atomic E-state index is 12.5. The third kappa shape index (κ3) is 4.84. The van der Waals surface area contributed by atoms with Crippen molar-refractivity contribution in [1.82, 2.24) is 5.32 Å². The summed E-state index contributed by atoms with van der Waals surface area (Å²) in [5.41, 5.74) is 1.50. The fourth-order valence-corrected chi connectivity index (χ4v) is 3.14. The Morgan fingerprint density at radius 3 is 2.16 bits per heavy atom. The summed E-state index contributed by atoms with van der Waals surface area (Å²) in [6, 6.07) is 23.3. The molecule has 0 spiro atoms. The molecule has 0 bridgehead atoms. The molecule has 25 heavy (non-hydrogen) atoms. The SMILES string of the molecule is O=C(N[C@H](Nc1ccc2ccccc2c1)C(Br)(Br)Br)c1ccccc1. The Hall–Kier alpha value is -1.37. The number of hydrogen-bond donors (Lipinski definition) is 2. The Balaban J connectivity index is 1.82. The van der Waals surface area contributed by atoms with Crippen LogP contribution in [0.3, 0.4) is 0 Å². The molecular formula is C19H15Br3N2O. The van der Waals surface area contributed by atoms with E-state index in [-0.39, 0.29) is 5.91 Å². The van der Waals surface area contributed by atoms with Gasteiger partial charge in [0.1, 0.15) is 6.17 Å². The van der Waals surface area contributed by atoms with E-state index in [1.54, 1.807) is 12.1 Å². The largest absolute Gasteiger partial charge is 0.363 e. The molecule has 0 saturated heterocycles. The average molecular weight is 527 g/mol. The van der Waals surface area contributed by atoms with Crippen molar-refractivity contribution >= 4 is 70.2 Å². The van der Waals surface area contributed by atoms with Gasteiger partial charge in [0, 0.05) is 11.3 Å². The van der Waals surface area contributed by atoms with Crippen molar-refractivity contribution in [2.75, 3.05) is 5.32 Å². The van der Waals surface area contributed by atoms with Gasteiger partial charge in [0.25, 0.3) is 5.91 Å². The quantitative estimate of drug-likeness (QED) is 0.331. The summed E-state index contributed by atoms with van der Waals surface area (Å²) in [5.74, 6) is -0.165. The maximum absolute atomic E-state index is 12.5. The van der Waals surface area contributed by atoms with Crippen LogP contribution in [0.2, 0.25) is 0 Å². The van der Waals surface area contributed by atoms with E-state index in [4.69, 9.17) is 0 Å². The molecular weight excluding hydrogens is 512 g/mol. The first-order chi connectivity index (χ1) is 11.9. The van der Waals surface area contributed by atoms with Gasteiger partial charge in [-0.25, -0.2) is 0 Å². The number of carbonyl (C=O) groups is 1. The predicted octanol–water partition coefficient (Wildman–Crippen LogP) is 5.85. The van der Waals surface area contributed by atoms with Crippen LogP contribution in [-0.2, 0) is 0 Å². The van der Waals surface area contributed by atoms with Gasteiger partial charge in [-0.1, -0.05) is 96.3 Å². The first-order valence-electron chi connectivity index (χ1n) is 7.61. The number of hydrogen-bond acceptors (Lipinski definition) is 2. The first kappa shape index (κ1) is 18.4. The summed E-state index contributed by atoms with van der Waals surface area (Å²) in [7, 11) is 0. The van der Waals surface area contributed by atoms with Gasteiger partial charge in [0.2, 0.25) is 0 Å². The van der Waals surface area contributed by atoms with E-state index < -0.39 is 8.31 Å². The molecule has 3 nitrogen and oxygen atoms in total. The van der Waals surface area contributed by atoms with Crippen molar-refractivity contribution in [2.24, 2.45) is 0 Å². The highest BCUT2D eigenvalue weighted by Crippen LogP contribution is 2.38. The number of benzene rings is 3. The zero-order chi connectivity index (χ0) is 17.9. The minimum absolute atomic E-state index is 0.165. The van der Waals surface area contributed by atoms with E-state index in [0.29, 0.717) is 5.56 Å². The van der Waals surface area contributed by atoms with Crippen molar-refractivity contribution in [1.29, 1.82) is 0 Å². The molecule has 0 fully saturated rings. The molecule has 1 atom stereocenters. The Morgan fingerprint density at radius 2 is 1.48 bits per heavy atom. The van der Waals surface area contributed by atoms with Gasteiger partial charge in [-0.05, 0) is 35.0 Å². The third-order valence-electron chi connectivity index (χ3n) is 3.70. The number of alkyl halides is 3. The molecule has 0 aromatic heterocycles. The van der Waals surface area contributed by atoms with Crippen LogP contribution in [0.15, 0.2) is 72.8 Å². The van der Waals surface area contributed by atoms with Gasteiger partial charge < -0.3 is 10.6 Å². The van der Waals surface area contributed by atoms with Gasteiger partial charge in [-0.2, -0.15) is 0 Å². The molecule has 3 rings (SSSR count). The smallest absolute Gasteiger partial charge is 0.252 e. The lowest BCUT2D eigenvalue weighted by Crippen LogP contribution is -2.48. The van der Waals surface area contributed by atoms with Gasteiger partial charge in [-0.3, -0.25) is 4.79 Å². The molecule has 2 N–H and O–H groups in total. The highest BCUT2D eigenvalue weighted by molar-refractivity contribution is 9.39. The first-order valence-corrected chi connectivity index (χ1v) is 9.99. The molecule has 0 radical (unpaired) electrons. The molecule has 6 heteroatoms.